The molecule has 2 aromatic rings. The fourth-order valence-electron chi connectivity index (χ4n) is 1.82. The molecule has 0 aliphatic carbocycles. The fourth-order valence-corrected chi connectivity index (χ4v) is 2.06. The number of pyridine rings is 1. The Hall–Kier alpha value is -1.47. The molecule has 0 amide bonds. The molecule has 1 unspecified atom stereocenters. The number of hydrogen-bond donors (Lipinski definition) is 0. The molecule has 0 bridgehead atoms. The lowest BCUT2D eigenvalue weighted by atomic mass is 10.2. The van der Waals surface area contributed by atoms with E-state index in [0.29, 0.717) is 17.6 Å². The minimum absolute atomic E-state index is 0.0386. The van der Waals surface area contributed by atoms with Crippen LogP contribution in [0.4, 0.5) is 0 Å². The second-order valence-electron chi connectivity index (χ2n) is 4.15. The molecule has 1 atom stereocenters. The van der Waals surface area contributed by atoms with Crippen LogP contribution in [0.3, 0.4) is 0 Å². The molecule has 3 heterocycles. The highest BCUT2D eigenvalue weighted by molar-refractivity contribution is 9.10. The maximum absolute atomic E-state index is 5.48. The predicted molar refractivity (Wildman–Crippen MR) is 68.5 cm³/mol. The van der Waals surface area contributed by atoms with Gasteiger partial charge in [0.05, 0.1) is 0 Å². The van der Waals surface area contributed by atoms with Gasteiger partial charge in [0.25, 0.3) is 5.89 Å². The molecule has 1 saturated heterocycles. The Labute approximate surface area is 118 Å². The Morgan fingerprint density at radius 2 is 2.37 bits per heavy atom. The van der Waals surface area contributed by atoms with Crippen molar-refractivity contribution in [3.05, 3.63) is 34.5 Å². The van der Waals surface area contributed by atoms with Gasteiger partial charge in [-0.1, -0.05) is 5.16 Å². The fraction of sp³-hybridized carbons (Fsp3) is 0.417. The molecule has 0 spiro atoms. The van der Waals surface area contributed by atoms with E-state index in [9.17, 15) is 0 Å². The average Bonchev–Trinajstić information content (AvgIpc) is 3.09. The van der Waals surface area contributed by atoms with E-state index >= 15 is 0 Å². The van der Waals surface area contributed by atoms with Crippen molar-refractivity contribution in [2.45, 2.75) is 25.6 Å². The van der Waals surface area contributed by atoms with Crippen LogP contribution in [0.25, 0.3) is 0 Å². The largest absolute Gasteiger partial charge is 0.468 e. The summed E-state index contributed by atoms with van der Waals surface area (Å²) in [4.78, 5) is 8.35. The number of hydrogen-bond acceptors (Lipinski definition) is 6. The first kappa shape index (κ1) is 12.6. The molecule has 0 saturated carbocycles. The summed E-state index contributed by atoms with van der Waals surface area (Å²) in [7, 11) is 0. The summed E-state index contributed by atoms with van der Waals surface area (Å²) in [6.07, 6.45) is 3.60. The Bertz CT molecular complexity index is 537. The van der Waals surface area contributed by atoms with Gasteiger partial charge in [-0.05, 0) is 34.8 Å². The topological polar surface area (TPSA) is 70.3 Å². The van der Waals surface area contributed by atoms with Crippen LogP contribution in [0.2, 0.25) is 0 Å². The van der Waals surface area contributed by atoms with E-state index in [4.69, 9.17) is 14.0 Å². The third-order valence-electron chi connectivity index (χ3n) is 2.75. The number of nitrogens with zero attached hydrogens (tertiary/aromatic N) is 3. The molecule has 19 heavy (non-hydrogen) atoms. The maximum atomic E-state index is 5.48. The highest BCUT2D eigenvalue weighted by Crippen LogP contribution is 2.26. The van der Waals surface area contributed by atoms with E-state index in [-0.39, 0.29) is 12.7 Å². The van der Waals surface area contributed by atoms with E-state index in [2.05, 4.69) is 31.1 Å². The SMILES string of the molecule is Brc1ccc(OCc2nc(C3CCCO3)no2)nc1. The van der Waals surface area contributed by atoms with Crippen LogP contribution in [0.15, 0.2) is 27.3 Å². The summed E-state index contributed by atoms with van der Waals surface area (Å²) < 4.78 is 17.0. The van der Waals surface area contributed by atoms with Gasteiger partial charge in [0, 0.05) is 23.3 Å². The van der Waals surface area contributed by atoms with Gasteiger partial charge in [0.2, 0.25) is 11.7 Å². The van der Waals surface area contributed by atoms with E-state index in [1.807, 2.05) is 6.07 Å². The van der Waals surface area contributed by atoms with Gasteiger partial charge in [0.15, 0.2) is 6.61 Å². The summed E-state index contributed by atoms with van der Waals surface area (Å²) in [5.41, 5.74) is 0. The molecule has 100 valence electrons. The lowest BCUT2D eigenvalue weighted by Gasteiger charge is -2.02. The number of rotatable bonds is 4. The van der Waals surface area contributed by atoms with Gasteiger partial charge in [-0.15, -0.1) is 0 Å². The second-order valence-corrected chi connectivity index (χ2v) is 5.07. The average molecular weight is 326 g/mol. The monoisotopic (exact) mass is 325 g/mol. The normalized spacial score (nSPS) is 18.7. The highest BCUT2D eigenvalue weighted by atomic mass is 79.9. The van der Waals surface area contributed by atoms with Gasteiger partial charge in [-0.25, -0.2) is 4.98 Å². The third-order valence-corrected chi connectivity index (χ3v) is 3.21. The molecule has 7 heteroatoms. The minimum atomic E-state index is -0.0386. The van der Waals surface area contributed by atoms with Crippen molar-refractivity contribution in [1.29, 1.82) is 0 Å². The van der Waals surface area contributed by atoms with E-state index < -0.39 is 0 Å². The zero-order chi connectivity index (χ0) is 13.1. The molecule has 1 fully saturated rings. The van der Waals surface area contributed by atoms with E-state index in [0.717, 1.165) is 23.9 Å². The Kier molecular flexibility index (Phi) is 3.74. The number of ether oxygens (including phenoxy) is 2. The first-order valence-electron chi connectivity index (χ1n) is 6.00. The molecule has 3 rings (SSSR count). The van der Waals surface area contributed by atoms with Gasteiger partial charge in [0.1, 0.15) is 6.10 Å². The zero-order valence-corrected chi connectivity index (χ0v) is 11.7. The van der Waals surface area contributed by atoms with Gasteiger partial charge < -0.3 is 14.0 Å². The van der Waals surface area contributed by atoms with Crippen molar-refractivity contribution in [3.63, 3.8) is 0 Å². The summed E-state index contributed by atoms with van der Waals surface area (Å²) in [5, 5.41) is 3.91. The lowest BCUT2D eigenvalue weighted by Crippen LogP contribution is -2.00. The van der Waals surface area contributed by atoms with Crippen LogP contribution in [0.5, 0.6) is 5.88 Å². The molecular formula is C12H12BrN3O3. The molecule has 0 radical (unpaired) electrons. The predicted octanol–water partition coefficient (Wildman–Crippen LogP) is 2.66. The highest BCUT2D eigenvalue weighted by Gasteiger charge is 2.23. The molecule has 0 aromatic carbocycles. The van der Waals surface area contributed by atoms with Crippen LogP contribution in [0, 0.1) is 0 Å². The molecule has 1 aliphatic heterocycles. The molecule has 2 aromatic heterocycles. The van der Waals surface area contributed by atoms with Crippen LogP contribution < -0.4 is 4.74 Å². The second kappa shape index (κ2) is 5.66. The zero-order valence-electron chi connectivity index (χ0n) is 10.1. The Morgan fingerprint density at radius 3 is 3.11 bits per heavy atom. The van der Waals surface area contributed by atoms with Crippen LogP contribution >= 0.6 is 15.9 Å². The van der Waals surface area contributed by atoms with Crippen molar-refractivity contribution in [2.24, 2.45) is 0 Å². The van der Waals surface area contributed by atoms with Crippen molar-refractivity contribution in [1.82, 2.24) is 15.1 Å². The van der Waals surface area contributed by atoms with Gasteiger partial charge >= 0.3 is 0 Å². The molecule has 0 N–H and O–H groups in total. The minimum Gasteiger partial charge on any atom is -0.468 e. The first-order chi connectivity index (χ1) is 9.31. The standard InChI is InChI=1S/C12H12BrN3O3/c13-8-3-4-10(14-6-8)18-7-11-15-12(16-19-11)9-2-1-5-17-9/h3-4,6,9H,1-2,5,7H2. The molecular weight excluding hydrogens is 314 g/mol. The lowest BCUT2D eigenvalue weighted by molar-refractivity contribution is 0.103. The molecule has 1 aliphatic rings. The summed E-state index contributed by atoms with van der Waals surface area (Å²) in [6.45, 7) is 0.961. The summed E-state index contributed by atoms with van der Waals surface area (Å²) >= 11 is 3.31. The van der Waals surface area contributed by atoms with Crippen molar-refractivity contribution < 1.29 is 14.0 Å². The van der Waals surface area contributed by atoms with Gasteiger partial charge in [-0.3, -0.25) is 0 Å². The van der Waals surface area contributed by atoms with Crippen LogP contribution in [-0.4, -0.2) is 21.7 Å². The van der Waals surface area contributed by atoms with E-state index in [1.54, 1.807) is 12.3 Å². The van der Waals surface area contributed by atoms with Gasteiger partial charge in [-0.2, -0.15) is 4.98 Å². The smallest absolute Gasteiger partial charge is 0.264 e. The Balaban J connectivity index is 1.59. The van der Waals surface area contributed by atoms with Crippen LogP contribution in [-0.2, 0) is 11.3 Å². The third kappa shape index (κ3) is 3.10. The van der Waals surface area contributed by atoms with Crippen molar-refractivity contribution in [2.75, 3.05) is 6.61 Å². The van der Waals surface area contributed by atoms with E-state index in [1.165, 1.54) is 0 Å². The summed E-state index contributed by atoms with van der Waals surface area (Å²) in [6, 6.07) is 3.62. The summed E-state index contributed by atoms with van der Waals surface area (Å²) in [5.74, 6) is 1.54. The number of aromatic nitrogens is 3. The quantitative estimate of drug-likeness (QED) is 0.860. The van der Waals surface area contributed by atoms with Crippen LogP contribution in [0.1, 0.15) is 30.7 Å². The molecule has 6 nitrogen and oxygen atoms in total. The van der Waals surface area contributed by atoms with Crippen molar-refractivity contribution >= 4 is 15.9 Å². The first-order valence-corrected chi connectivity index (χ1v) is 6.79. The Morgan fingerprint density at radius 1 is 1.42 bits per heavy atom. The number of halogens is 1. The maximum Gasteiger partial charge on any atom is 0.264 e. The van der Waals surface area contributed by atoms with Crippen molar-refractivity contribution in [3.8, 4) is 5.88 Å².